The smallest absolute Gasteiger partial charge is 0.290 e. The van der Waals surface area contributed by atoms with E-state index in [2.05, 4.69) is 37.7 Å². The maximum atomic E-state index is 12.4. The zero-order valence-electron chi connectivity index (χ0n) is 17.6. The summed E-state index contributed by atoms with van der Waals surface area (Å²) >= 11 is 0. The van der Waals surface area contributed by atoms with Crippen LogP contribution in [0, 0.1) is 13.8 Å². The monoisotopic (exact) mass is 434 g/mol. The Bertz CT molecular complexity index is 1170. The molecule has 3 aromatic heterocycles. The summed E-state index contributed by atoms with van der Waals surface area (Å²) in [4.78, 5) is 29.1. The highest BCUT2D eigenvalue weighted by molar-refractivity contribution is 5.92. The number of carbonyl (C=O) groups is 2. The van der Waals surface area contributed by atoms with Gasteiger partial charge in [-0.05, 0) is 61.2 Å². The highest BCUT2D eigenvalue weighted by Gasteiger charge is 2.12. The van der Waals surface area contributed by atoms with Crippen LogP contribution in [0.2, 0.25) is 0 Å². The molecule has 0 aliphatic rings. The van der Waals surface area contributed by atoms with Crippen molar-refractivity contribution >= 4 is 12.4 Å². The molecule has 0 spiro atoms. The predicted molar refractivity (Wildman–Crippen MR) is 114 cm³/mol. The highest BCUT2D eigenvalue weighted by Crippen LogP contribution is 2.16. The molecule has 0 bridgehead atoms. The van der Waals surface area contributed by atoms with E-state index in [1.54, 1.807) is 19.3 Å². The van der Waals surface area contributed by atoms with Gasteiger partial charge < -0.3 is 14.9 Å². The van der Waals surface area contributed by atoms with Gasteiger partial charge in [0.2, 0.25) is 5.89 Å². The lowest BCUT2D eigenvalue weighted by molar-refractivity contribution is -0.122. The number of nitrogens with one attached hydrogen (secondary N) is 1. The Balaban J connectivity index is 0.000000913. The lowest BCUT2D eigenvalue weighted by Crippen LogP contribution is -2.24. The number of rotatable bonds is 6. The zero-order valence-corrected chi connectivity index (χ0v) is 17.6. The second-order valence-corrected chi connectivity index (χ2v) is 6.81. The summed E-state index contributed by atoms with van der Waals surface area (Å²) in [5, 5.41) is 17.6. The van der Waals surface area contributed by atoms with Gasteiger partial charge >= 0.3 is 0 Å². The van der Waals surface area contributed by atoms with Crippen LogP contribution < -0.4 is 5.32 Å². The first kappa shape index (κ1) is 22.3. The standard InChI is InChI=1S/C21H20N6O2.CH2O2/c1-14-12-22-19(21(28)23-13-20-25-15(2)26-29-20)11-17(14)10-16-4-6-18(7-5-16)27-9-3-8-24-27;2-1-3/h3-9,11-12H,10,13H2,1-2H3,(H,23,28);1H,(H,2,3). The molecule has 164 valence electrons. The fourth-order valence-electron chi connectivity index (χ4n) is 2.95. The molecule has 4 rings (SSSR count). The van der Waals surface area contributed by atoms with Crippen molar-refractivity contribution in [1.82, 2.24) is 30.2 Å². The molecule has 0 atom stereocenters. The molecular formula is C22H22N6O4. The molecule has 0 saturated carbocycles. The number of pyridine rings is 1. The van der Waals surface area contributed by atoms with E-state index in [-0.39, 0.29) is 18.9 Å². The fraction of sp³-hybridized carbons (Fsp3) is 0.182. The minimum atomic E-state index is -0.281. The van der Waals surface area contributed by atoms with Crippen molar-refractivity contribution < 1.29 is 19.2 Å². The number of carbonyl (C=O) groups excluding carboxylic acids is 1. The van der Waals surface area contributed by atoms with Gasteiger partial charge in [-0.25, -0.2) is 4.68 Å². The summed E-state index contributed by atoms with van der Waals surface area (Å²) in [6.45, 7) is 3.63. The first-order valence-corrected chi connectivity index (χ1v) is 9.70. The summed E-state index contributed by atoms with van der Waals surface area (Å²) in [6.07, 6.45) is 6.08. The molecule has 1 amide bonds. The van der Waals surface area contributed by atoms with Crippen LogP contribution in [0.15, 0.2) is 59.5 Å². The van der Waals surface area contributed by atoms with Crippen molar-refractivity contribution in [3.05, 3.63) is 89.1 Å². The second kappa shape index (κ2) is 10.6. The molecule has 10 heteroatoms. The Kier molecular flexibility index (Phi) is 7.42. The Morgan fingerprint density at radius 3 is 2.62 bits per heavy atom. The molecule has 0 aliphatic heterocycles. The van der Waals surface area contributed by atoms with Crippen LogP contribution in [0.5, 0.6) is 0 Å². The Morgan fingerprint density at radius 2 is 2.00 bits per heavy atom. The van der Waals surface area contributed by atoms with E-state index < -0.39 is 0 Å². The molecule has 0 unspecified atom stereocenters. The second-order valence-electron chi connectivity index (χ2n) is 6.81. The summed E-state index contributed by atoms with van der Waals surface area (Å²) < 4.78 is 6.82. The Labute approximate surface area is 183 Å². The van der Waals surface area contributed by atoms with Crippen molar-refractivity contribution in [1.29, 1.82) is 0 Å². The van der Waals surface area contributed by atoms with E-state index in [1.807, 2.05) is 42.1 Å². The molecule has 0 fully saturated rings. The van der Waals surface area contributed by atoms with E-state index >= 15 is 0 Å². The van der Waals surface area contributed by atoms with Crippen LogP contribution in [0.3, 0.4) is 0 Å². The number of aromatic nitrogens is 5. The van der Waals surface area contributed by atoms with Gasteiger partial charge in [-0.15, -0.1) is 0 Å². The molecule has 10 nitrogen and oxygen atoms in total. The number of amides is 1. The molecule has 0 aliphatic carbocycles. The molecule has 2 N–H and O–H groups in total. The van der Waals surface area contributed by atoms with Gasteiger partial charge in [-0.2, -0.15) is 10.1 Å². The largest absolute Gasteiger partial charge is 0.483 e. The molecule has 1 aromatic carbocycles. The summed E-state index contributed by atoms with van der Waals surface area (Å²) in [5.41, 5.74) is 4.58. The van der Waals surface area contributed by atoms with Crippen LogP contribution in [-0.4, -0.2) is 42.4 Å². The van der Waals surface area contributed by atoms with Crippen LogP contribution in [0.25, 0.3) is 5.69 Å². The van der Waals surface area contributed by atoms with E-state index in [4.69, 9.17) is 14.4 Å². The maximum Gasteiger partial charge on any atom is 0.290 e. The zero-order chi connectivity index (χ0) is 22.9. The molecule has 3 heterocycles. The first-order chi connectivity index (χ1) is 15.5. The van der Waals surface area contributed by atoms with Crippen molar-refractivity contribution in [2.75, 3.05) is 0 Å². The van der Waals surface area contributed by atoms with Crippen LogP contribution >= 0.6 is 0 Å². The third kappa shape index (κ3) is 5.85. The van der Waals surface area contributed by atoms with Gasteiger partial charge in [0.05, 0.1) is 12.2 Å². The minimum absolute atomic E-state index is 0.166. The van der Waals surface area contributed by atoms with Gasteiger partial charge in [-0.3, -0.25) is 14.6 Å². The van der Waals surface area contributed by atoms with E-state index in [0.29, 0.717) is 23.8 Å². The third-order valence-corrected chi connectivity index (χ3v) is 4.52. The normalized spacial score (nSPS) is 10.2. The summed E-state index contributed by atoms with van der Waals surface area (Å²) in [5.74, 6) is 0.611. The van der Waals surface area contributed by atoms with E-state index in [1.165, 1.54) is 0 Å². The quantitative estimate of drug-likeness (QED) is 0.442. The van der Waals surface area contributed by atoms with Gasteiger partial charge in [0.15, 0.2) is 5.82 Å². The average molecular weight is 434 g/mol. The van der Waals surface area contributed by atoms with E-state index in [9.17, 15) is 4.79 Å². The van der Waals surface area contributed by atoms with E-state index in [0.717, 1.165) is 22.4 Å². The molecular weight excluding hydrogens is 412 g/mol. The minimum Gasteiger partial charge on any atom is -0.483 e. The number of hydrogen-bond donors (Lipinski definition) is 2. The lowest BCUT2D eigenvalue weighted by Gasteiger charge is -2.09. The maximum absolute atomic E-state index is 12.4. The number of aryl methyl sites for hydroxylation is 2. The Hall–Kier alpha value is -4.34. The highest BCUT2D eigenvalue weighted by atomic mass is 16.5. The Morgan fingerprint density at radius 1 is 1.25 bits per heavy atom. The molecule has 0 radical (unpaired) electrons. The van der Waals surface area contributed by atoms with Gasteiger partial charge in [0, 0.05) is 18.6 Å². The number of nitrogens with zero attached hydrogens (tertiary/aromatic N) is 5. The topological polar surface area (TPSA) is 136 Å². The third-order valence-electron chi connectivity index (χ3n) is 4.52. The van der Waals surface area contributed by atoms with Crippen molar-refractivity contribution in [3.8, 4) is 5.69 Å². The van der Waals surface area contributed by atoms with Gasteiger partial charge in [-0.1, -0.05) is 17.3 Å². The van der Waals surface area contributed by atoms with Crippen LogP contribution in [-0.2, 0) is 17.8 Å². The van der Waals surface area contributed by atoms with Crippen molar-refractivity contribution in [3.63, 3.8) is 0 Å². The predicted octanol–water partition coefficient (Wildman–Crippen LogP) is 2.49. The summed E-state index contributed by atoms with van der Waals surface area (Å²) in [7, 11) is 0. The lowest BCUT2D eigenvalue weighted by atomic mass is 10.0. The molecule has 0 saturated heterocycles. The first-order valence-electron chi connectivity index (χ1n) is 9.70. The van der Waals surface area contributed by atoms with Crippen molar-refractivity contribution in [2.45, 2.75) is 26.8 Å². The van der Waals surface area contributed by atoms with Gasteiger partial charge in [0.1, 0.15) is 5.69 Å². The molecule has 32 heavy (non-hydrogen) atoms. The molecule has 4 aromatic rings. The SMILES string of the molecule is Cc1noc(CNC(=O)c2cc(Cc3ccc(-n4cccn4)cc3)c(C)cn2)n1.O=CO. The van der Waals surface area contributed by atoms with Crippen LogP contribution in [0.4, 0.5) is 0 Å². The number of benzene rings is 1. The fourth-order valence-corrected chi connectivity index (χ4v) is 2.95. The number of carboxylic acid groups (broad SMARTS) is 1. The number of hydrogen-bond acceptors (Lipinski definition) is 7. The van der Waals surface area contributed by atoms with Gasteiger partial charge in [0.25, 0.3) is 12.4 Å². The van der Waals surface area contributed by atoms with Crippen LogP contribution in [0.1, 0.15) is 38.9 Å². The average Bonchev–Trinajstić information content (AvgIpc) is 3.47. The summed E-state index contributed by atoms with van der Waals surface area (Å²) in [6, 6.07) is 11.9. The van der Waals surface area contributed by atoms with Crippen molar-refractivity contribution in [2.24, 2.45) is 0 Å².